The maximum atomic E-state index is 11.4. The molecule has 0 aliphatic carbocycles. The zero-order valence-electron chi connectivity index (χ0n) is 9.04. The number of aliphatic hydroxyl groups is 1. The van der Waals surface area contributed by atoms with Gasteiger partial charge in [0.25, 0.3) is 0 Å². The molecule has 2 unspecified atom stereocenters. The summed E-state index contributed by atoms with van der Waals surface area (Å²) in [4.78, 5) is 11.4. The summed E-state index contributed by atoms with van der Waals surface area (Å²) in [6.45, 7) is 2.24. The molecule has 0 aromatic carbocycles. The summed E-state index contributed by atoms with van der Waals surface area (Å²) in [6, 6.07) is -0.346. The van der Waals surface area contributed by atoms with Crippen LogP contribution in [-0.2, 0) is 9.53 Å². The molecule has 0 bridgehead atoms. The molecule has 1 amide bonds. The van der Waals surface area contributed by atoms with E-state index in [1.54, 1.807) is 21.1 Å². The van der Waals surface area contributed by atoms with E-state index in [0.717, 1.165) is 0 Å². The fraction of sp³-hybridized carbons (Fsp3) is 0.889. The second-order valence-corrected chi connectivity index (χ2v) is 3.18. The second kappa shape index (κ2) is 7.73. The lowest BCUT2D eigenvalue weighted by Gasteiger charge is -2.19. The average Bonchev–Trinajstić information content (AvgIpc) is 2.17. The summed E-state index contributed by atoms with van der Waals surface area (Å²) in [5.41, 5.74) is 0. The lowest BCUT2D eigenvalue weighted by atomic mass is 10.2. The predicted molar refractivity (Wildman–Crippen MR) is 54.0 cm³/mol. The van der Waals surface area contributed by atoms with Crippen molar-refractivity contribution in [3.63, 3.8) is 0 Å². The minimum absolute atomic E-state index is 0.0439. The van der Waals surface area contributed by atoms with Gasteiger partial charge in [0.1, 0.15) is 0 Å². The molecule has 14 heavy (non-hydrogen) atoms. The molecule has 0 aliphatic rings. The third kappa shape index (κ3) is 5.16. The van der Waals surface area contributed by atoms with Crippen LogP contribution in [0.15, 0.2) is 0 Å². The number of carbonyl (C=O) groups excluding carboxylic acids is 1. The number of carbonyl (C=O) groups is 1. The molecular formula is C9H20N2O3. The van der Waals surface area contributed by atoms with Gasteiger partial charge < -0.3 is 20.5 Å². The molecule has 0 saturated carbocycles. The topological polar surface area (TPSA) is 70.6 Å². The maximum absolute atomic E-state index is 11.4. The van der Waals surface area contributed by atoms with Crippen molar-refractivity contribution in [1.82, 2.24) is 10.6 Å². The van der Waals surface area contributed by atoms with E-state index in [1.807, 2.05) is 0 Å². The molecule has 0 aromatic rings. The molecule has 0 fully saturated rings. The van der Waals surface area contributed by atoms with Crippen molar-refractivity contribution in [2.75, 3.05) is 27.4 Å². The van der Waals surface area contributed by atoms with Crippen molar-refractivity contribution in [2.24, 2.45) is 0 Å². The lowest BCUT2D eigenvalue weighted by Crippen LogP contribution is -2.47. The van der Waals surface area contributed by atoms with Crippen molar-refractivity contribution in [2.45, 2.75) is 25.4 Å². The molecule has 0 radical (unpaired) electrons. The van der Waals surface area contributed by atoms with E-state index >= 15 is 0 Å². The van der Waals surface area contributed by atoms with Crippen LogP contribution in [0.5, 0.6) is 0 Å². The number of rotatable bonds is 7. The first-order valence-corrected chi connectivity index (χ1v) is 4.73. The number of methoxy groups -OCH3 is 1. The molecule has 0 rings (SSSR count). The SMILES string of the molecule is CNC(C)C(=O)NC(CCO)COC. The van der Waals surface area contributed by atoms with Crippen molar-refractivity contribution < 1.29 is 14.6 Å². The Morgan fingerprint density at radius 2 is 2.21 bits per heavy atom. The van der Waals surface area contributed by atoms with Crippen LogP contribution in [0.1, 0.15) is 13.3 Å². The van der Waals surface area contributed by atoms with Gasteiger partial charge in [0, 0.05) is 13.7 Å². The largest absolute Gasteiger partial charge is 0.396 e. The summed E-state index contributed by atoms with van der Waals surface area (Å²) >= 11 is 0. The molecule has 2 atom stereocenters. The highest BCUT2D eigenvalue weighted by Gasteiger charge is 2.15. The van der Waals surface area contributed by atoms with E-state index in [4.69, 9.17) is 9.84 Å². The van der Waals surface area contributed by atoms with Crippen LogP contribution >= 0.6 is 0 Å². The Kier molecular flexibility index (Phi) is 7.37. The molecule has 5 nitrogen and oxygen atoms in total. The van der Waals surface area contributed by atoms with E-state index in [0.29, 0.717) is 13.0 Å². The third-order valence-corrected chi connectivity index (χ3v) is 2.02. The summed E-state index contributed by atoms with van der Waals surface area (Å²) in [5.74, 6) is -0.0806. The van der Waals surface area contributed by atoms with E-state index in [-0.39, 0.29) is 24.6 Å². The first-order valence-electron chi connectivity index (χ1n) is 4.73. The Balaban J connectivity index is 3.94. The van der Waals surface area contributed by atoms with E-state index < -0.39 is 0 Å². The smallest absolute Gasteiger partial charge is 0.237 e. The molecule has 0 saturated heterocycles. The van der Waals surface area contributed by atoms with Crippen LogP contribution in [0.25, 0.3) is 0 Å². The fourth-order valence-corrected chi connectivity index (χ4v) is 1.01. The number of likely N-dealkylation sites (N-methyl/N-ethyl adjacent to an activating group) is 1. The van der Waals surface area contributed by atoms with E-state index in [9.17, 15) is 4.79 Å². The Labute approximate surface area is 84.8 Å². The molecule has 0 spiro atoms. The molecule has 5 heteroatoms. The van der Waals surface area contributed by atoms with Crippen molar-refractivity contribution in [3.8, 4) is 0 Å². The molecular weight excluding hydrogens is 184 g/mol. The average molecular weight is 204 g/mol. The highest BCUT2D eigenvalue weighted by molar-refractivity contribution is 5.81. The highest BCUT2D eigenvalue weighted by atomic mass is 16.5. The molecule has 3 N–H and O–H groups in total. The standard InChI is InChI=1S/C9H20N2O3/c1-7(10-2)9(13)11-8(4-5-12)6-14-3/h7-8,10,12H,4-6H2,1-3H3,(H,11,13). The number of amides is 1. The van der Waals surface area contributed by atoms with Gasteiger partial charge in [-0.1, -0.05) is 0 Å². The summed E-state index contributed by atoms with van der Waals surface area (Å²) in [5, 5.41) is 14.4. The van der Waals surface area contributed by atoms with Gasteiger partial charge >= 0.3 is 0 Å². The quantitative estimate of drug-likeness (QED) is 0.503. The normalized spacial score (nSPS) is 14.9. The van der Waals surface area contributed by atoms with Gasteiger partial charge in [-0.05, 0) is 20.4 Å². The van der Waals surface area contributed by atoms with Crippen LogP contribution in [0.4, 0.5) is 0 Å². The summed E-state index contributed by atoms with van der Waals surface area (Å²) in [7, 11) is 3.29. The minimum atomic E-state index is -0.229. The van der Waals surface area contributed by atoms with E-state index in [1.165, 1.54) is 0 Å². The van der Waals surface area contributed by atoms with Gasteiger partial charge in [0.05, 0.1) is 18.7 Å². The highest BCUT2D eigenvalue weighted by Crippen LogP contribution is 1.93. The van der Waals surface area contributed by atoms with E-state index in [2.05, 4.69) is 10.6 Å². The fourth-order valence-electron chi connectivity index (χ4n) is 1.01. The number of nitrogens with one attached hydrogen (secondary N) is 2. The van der Waals surface area contributed by atoms with Crippen LogP contribution < -0.4 is 10.6 Å². The second-order valence-electron chi connectivity index (χ2n) is 3.18. The first kappa shape index (κ1) is 13.4. The van der Waals surface area contributed by atoms with Crippen molar-refractivity contribution in [3.05, 3.63) is 0 Å². The molecule has 0 aliphatic heterocycles. The first-order chi connectivity index (χ1) is 6.65. The molecule has 84 valence electrons. The third-order valence-electron chi connectivity index (χ3n) is 2.02. The van der Waals surface area contributed by atoms with Crippen LogP contribution in [0, 0.1) is 0 Å². The van der Waals surface area contributed by atoms with Crippen LogP contribution in [-0.4, -0.2) is 50.5 Å². The molecule has 0 heterocycles. The number of hydrogen-bond acceptors (Lipinski definition) is 4. The number of aliphatic hydroxyl groups excluding tert-OH is 1. The van der Waals surface area contributed by atoms with Gasteiger partial charge in [0.15, 0.2) is 0 Å². The van der Waals surface area contributed by atoms with Gasteiger partial charge in [-0.2, -0.15) is 0 Å². The Hall–Kier alpha value is -0.650. The maximum Gasteiger partial charge on any atom is 0.237 e. The van der Waals surface area contributed by atoms with Gasteiger partial charge in [0.2, 0.25) is 5.91 Å². The zero-order chi connectivity index (χ0) is 11.0. The van der Waals surface area contributed by atoms with Crippen molar-refractivity contribution in [1.29, 1.82) is 0 Å². The van der Waals surface area contributed by atoms with Gasteiger partial charge in [-0.3, -0.25) is 4.79 Å². The summed E-state index contributed by atoms with van der Waals surface area (Å²) in [6.07, 6.45) is 0.510. The van der Waals surface area contributed by atoms with Crippen LogP contribution in [0.2, 0.25) is 0 Å². The Morgan fingerprint density at radius 1 is 1.57 bits per heavy atom. The monoisotopic (exact) mass is 204 g/mol. The van der Waals surface area contributed by atoms with Gasteiger partial charge in [-0.25, -0.2) is 0 Å². The number of ether oxygens (including phenoxy) is 1. The van der Waals surface area contributed by atoms with Crippen LogP contribution in [0.3, 0.4) is 0 Å². The minimum Gasteiger partial charge on any atom is -0.396 e. The van der Waals surface area contributed by atoms with Gasteiger partial charge in [-0.15, -0.1) is 0 Å². The predicted octanol–water partition coefficient (Wildman–Crippen LogP) is -0.892. The zero-order valence-corrected chi connectivity index (χ0v) is 9.04. The Bertz CT molecular complexity index is 158. The lowest BCUT2D eigenvalue weighted by molar-refractivity contribution is -0.123. The summed E-state index contributed by atoms with van der Waals surface area (Å²) < 4.78 is 4.92. The number of hydrogen-bond donors (Lipinski definition) is 3. The van der Waals surface area contributed by atoms with Crippen molar-refractivity contribution >= 4 is 5.91 Å². The Morgan fingerprint density at radius 3 is 2.64 bits per heavy atom. The molecule has 0 aromatic heterocycles.